The van der Waals surface area contributed by atoms with E-state index in [-0.39, 0.29) is 11.5 Å². The Morgan fingerprint density at radius 3 is 2.08 bits per heavy atom. The van der Waals surface area contributed by atoms with E-state index in [0.717, 1.165) is 17.5 Å². The summed E-state index contributed by atoms with van der Waals surface area (Å²) in [6.45, 7) is 8.88. The topological polar surface area (TPSA) is 82.1 Å². The van der Waals surface area contributed by atoms with E-state index in [2.05, 4.69) is 6.58 Å². The lowest BCUT2D eigenvalue weighted by molar-refractivity contribution is -0.134. The van der Waals surface area contributed by atoms with Crippen LogP contribution in [-0.4, -0.2) is 42.2 Å². The number of hydrogen-bond donors (Lipinski definition) is 1. The number of carbonyl (C=O) groups excluding carboxylic acids is 1. The van der Waals surface area contributed by atoms with Crippen LogP contribution in [0.3, 0.4) is 0 Å². The van der Waals surface area contributed by atoms with E-state index in [9.17, 15) is 9.59 Å². The molecular formula is C30H33ClO6. The van der Waals surface area contributed by atoms with Crippen LogP contribution in [0, 0.1) is 5.92 Å². The number of carboxylic acids is 1. The summed E-state index contributed by atoms with van der Waals surface area (Å²) in [6, 6.07) is 23.8. The predicted molar refractivity (Wildman–Crippen MR) is 147 cm³/mol. The first-order chi connectivity index (χ1) is 17.8. The maximum Gasteiger partial charge on any atom is 0.335 e. The predicted octanol–water partition coefficient (Wildman–Crippen LogP) is 6.88. The van der Waals surface area contributed by atoms with Gasteiger partial charge in [-0.05, 0) is 53.4 Å². The molecule has 0 fully saturated rings. The van der Waals surface area contributed by atoms with Crippen molar-refractivity contribution < 1.29 is 28.9 Å². The molecule has 0 heterocycles. The fourth-order valence-electron chi connectivity index (χ4n) is 3.04. The molecule has 7 heteroatoms. The molecule has 3 rings (SSSR count). The Hall–Kier alpha value is -3.61. The van der Waals surface area contributed by atoms with Gasteiger partial charge in [0.1, 0.15) is 23.5 Å². The molecule has 6 nitrogen and oxygen atoms in total. The van der Waals surface area contributed by atoms with Crippen molar-refractivity contribution in [3.63, 3.8) is 0 Å². The van der Waals surface area contributed by atoms with Gasteiger partial charge in [-0.25, -0.2) is 4.79 Å². The summed E-state index contributed by atoms with van der Waals surface area (Å²) in [5.41, 5.74) is 2.46. The molecule has 1 N–H and O–H groups in total. The van der Waals surface area contributed by atoms with Gasteiger partial charge in [-0.1, -0.05) is 68.8 Å². The van der Waals surface area contributed by atoms with Crippen molar-refractivity contribution in [2.45, 2.75) is 25.6 Å². The molecule has 196 valence electrons. The highest BCUT2D eigenvalue weighted by molar-refractivity contribution is 6.30. The van der Waals surface area contributed by atoms with Gasteiger partial charge in [0.2, 0.25) is 0 Å². The number of aromatic carboxylic acids is 1. The van der Waals surface area contributed by atoms with Gasteiger partial charge in [-0.2, -0.15) is 0 Å². The molecule has 0 spiro atoms. The smallest absolute Gasteiger partial charge is 0.335 e. The molecule has 0 amide bonds. The number of hydrogen-bond acceptors (Lipinski definition) is 5. The molecule has 3 aromatic carbocycles. The van der Waals surface area contributed by atoms with E-state index in [1.165, 1.54) is 12.1 Å². The molecule has 0 aliphatic carbocycles. The van der Waals surface area contributed by atoms with Crippen LogP contribution in [0.25, 0.3) is 11.1 Å². The summed E-state index contributed by atoms with van der Waals surface area (Å²) >= 11 is 6.08. The standard InChI is InChI=1S/C18H19ClO2.C12H14O4/c1-3-13(2)17(19)18(20)21-16-11-9-15(10-12-16)14-7-5-4-6-8-14;1-2-7-15-8-9-16-11-5-3-10(4-6-11)12(13)14/h4-13,17H,3H2,1-2H3;2-6H,1,7-9H2,(H,13,14)/t13-,17-;/m0./s1. The first kappa shape index (κ1) is 29.6. The minimum absolute atomic E-state index is 0.0998. The molecule has 0 radical (unpaired) electrons. The number of halogens is 1. The molecule has 0 saturated carbocycles. The van der Waals surface area contributed by atoms with Crippen LogP contribution < -0.4 is 9.47 Å². The Morgan fingerprint density at radius 1 is 0.919 bits per heavy atom. The van der Waals surface area contributed by atoms with Crippen molar-refractivity contribution in [1.82, 2.24) is 0 Å². The lowest BCUT2D eigenvalue weighted by Gasteiger charge is -2.15. The fourth-order valence-corrected chi connectivity index (χ4v) is 3.26. The molecule has 0 saturated heterocycles. The van der Waals surface area contributed by atoms with Crippen LogP contribution in [0.2, 0.25) is 0 Å². The number of benzene rings is 3. The molecule has 0 aliphatic rings. The second-order valence-electron chi connectivity index (χ2n) is 8.14. The van der Waals surface area contributed by atoms with Gasteiger partial charge in [-0.15, -0.1) is 18.2 Å². The lowest BCUT2D eigenvalue weighted by Crippen LogP contribution is -2.26. The minimum Gasteiger partial charge on any atom is -0.491 e. The van der Waals surface area contributed by atoms with Crippen molar-refractivity contribution >= 4 is 23.5 Å². The zero-order valence-corrected chi connectivity index (χ0v) is 21.9. The minimum atomic E-state index is -0.944. The van der Waals surface area contributed by atoms with E-state index in [0.29, 0.717) is 31.3 Å². The summed E-state index contributed by atoms with van der Waals surface area (Å²) in [6.07, 6.45) is 2.51. The summed E-state index contributed by atoms with van der Waals surface area (Å²) in [4.78, 5) is 22.5. The zero-order chi connectivity index (χ0) is 27.0. The SMILES string of the molecule is C=CCOCCOc1ccc(C(=O)O)cc1.CC[C@H](C)[C@H](Cl)C(=O)Oc1ccc(-c2ccccc2)cc1. The Bertz CT molecular complexity index is 1100. The Labute approximate surface area is 223 Å². The number of carboxylic acid groups (broad SMARTS) is 1. The maximum absolute atomic E-state index is 11.9. The number of ether oxygens (including phenoxy) is 3. The molecule has 0 aromatic heterocycles. The van der Waals surface area contributed by atoms with Crippen LogP contribution in [0.5, 0.6) is 11.5 Å². The average Bonchev–Trinajstić information content (AvgIpc) is 2.93. The summed E-state index contributed by atoms with van der Waals surface area (Å²) in [5, 5.41) is 8.07. The van der Waals surface area contributed by atoms with Crippen molar-refractivity contribution in [1.29, 1.82) is 0 Å². The average molecular weight is 525 g/mol. The number of rotatable bonds is 12. The van der Waals surface area contributed by atoms with Crippen molar-refractivity contribution in [3.05, 3.63) is 97.1 Å². The van der Waals surface area contributed by atoms with Crippen molar-refractivity contribution in [2.24, 2.45) is 5.92 Å². The third-order valence-electron chi connectivity index (χ3n) is 5.38. The van der Waals surface area contributed by atoms with Crippen LogP contribution in [-0.2, 0) is 9.53 Å². The van der Waals surface area contributed by atoms with Gasteiger partial charge in [0, 0.05) is 0 Å². The van der Waals surface area contributed by atoms with Crippen LogP contribution in [0.4, 0.5) is 0 Å². The lowest BCUT2D eigenvalue weighted by atomic mass is 10.0. The van der Waals surface area contributed by atoms with E-state index in [1.54, 1.807) is 30.3 Å². The van der Waals surface area contributed by atoms with E-state index in [1.807, 2.05) is 56.3 Å². The number of esters is 1. The number of alkyl halides is 1. The summed E-state index contributed by atoms with van der Waals surface area (Å²) in [5.74, 6) is -0.0806. The second-order valence-corrected chi connectivity index (χ2v) is 8.61. The Morgan fingerprint density at radius 2 is 1.51 bits per heavy atom. The summed E-state index contributed by atoms with van der Waals surface area (Å²) < 4.78 is 15.8. The zero-order valence-electron chi connectivity index (χ0n) is 21.1. The second kappa shape index (κ2) is 16.2. The molecule has 37 heavy (non-hydrogen) atoms. The van der Waals surface area contributed by atoms with Gasteiger partial charge in [0.05, 0.1) is 18.8 Å². The van der Waals surface area contributed by atoms with Crippen LogP contribution in [0.1, 0.15) is 30.6 Å². The van der Waals surface area contributed by atoms with Gasteiger partial charge in [-0.3, -0.25) is 4.79 Å². The molecule has 0 unspecified atom stereocenters. The van der Waals surface area contributed by atoms with Crippen LogP contribution in [0.15, 0.2) is 91.5 Å². The molecule has 3 aromatic rings. The Balaban J connectivity index is 0.000000271. The monoisotopic (exact) mass is 524 g/mol. The largest absolute Gasteiger partial charge is 0.491 e. The molecule has 0 aliphatic heterocycles. The first-order valence-corrected chi connectivity index (χ1v) is 12.4. The summed E-state index contributed by atoms with van der Waals surface area (Å²) in [7, 11) is 0. The molecular weight excluding hydrogens is 492 g/mol. The highest BCUT2D eigenvalue weighted by Crippen LogP contribution is 2.23. The van der Waals surface area contributed by atoms with Crippen LogP contribution >= 0.6 is 11.6 Å². The third-order valence-corrected chi connectivity index (χ3v) is 5.99. The quantitative estimate of drug-likeness (QED) is 0.0914. The maximum atomic E-state index is 11.9. The highest BCUT2D eigenvalue weighted by Gasteiger charge is 2.23. The van der Waals surface area contributed by atoms with E-state index >= 15 is 0 Å². The third kappa shape index (κ3) is 10.5. The normalized spacial score (nSPS) is 11.9. The van der Waals surface area contributed by atoms with E-state index in [4.69, 9.17) is 30.9 Å². The molecule has 2 atom stereocenters. The van der Waals surface area contributed by atoms with Gasteiger partial charge in [0.15, 0.2) is 0 Å². The molecule has 0 bridgehead atoms. The van der Waals surface area contributed by atoms with Gasteiger partial charge >= 0.3 is 11.9 Å². The first-order valence-electron chi connectivity index (χ1n) is 12.0. The van der Waals surface area contributed by atoms with Crippen molar-refractivity contribution in [2.75, 3.05) is 19.8 Å². The fraction of sp³-hybridized carbons (Fsp3) is 0.267. The van der Waals surface area contributed by atoms with Gasteiger partial charge in [0.25, 0.3) is 0 Å². The Kier molecular flexibility index (Phi) is 13.0. The van der Waals surface area contributed by atoms with E-state index < -0.39 is 17.3 Å². The van der Waals surface area contributed by atoms with Gasteiger partial charge < -0.3 is 19.3 Å². The van der Waals surface area contributed by atoms with Crippen molar-refractivity contribution in [3.8, 4) is 22.6 Å². The highest BCUT2D eigenvalue weighted by atomic mass is 35.5. The number of carbonyl (C=O) groups is 2.